The molecule has 1 aliphatic heterocycles. The monoisotopic (exact) mass is 344 g/mol. The van der Waals surface area contributed by atoms with Crippen LogP contribution < -0.4 is 5.32 Å². The number of nitrogens with zero attached hydrogens (tertiary/aromatic N) is 1. The highest BCUT2D eigenvalue weighted by molar-refractivity contribution is 5.88. The lowest BCUT2D eigenvalue weighted by atomic mass is 9.88. The minimum atomic E-state index is -0.491. The Bertz CT molecular complexity index is 564. The molecule has 1 aromatic rings. The fourth-order valence-electron chi connectivity index (χ4n) is 3.71. The molecule has 1 saturated heterocycles. The van der Waals surface area contributed by atoms with Crippen LogP contribution in [0.5, 0.6) is 0 Å². The molecule has 1 saturated carbocycles. The lowest BCUT2D eigenvalue weighted by Crippen LogP contribution is -2.53. The molecule has 0 bridgehead atoms. The Labute approximate surface area is 149 Å². The second-order valence-corrected chi connectivity index (χ2v) is 7.02. The number of hydrogen-bond acceptors (Lipinski definition) is 3. The van der Waals surface area contributed by atoms with Gasteiger partial charge in [0.15, 0.2) is 0 Å². The maximum atomic E-state index is 13.0. The molecule has 0 radical (unpaired) electrons. The molecule has 2 fully saturated rings. The maximum Gasteiger partial charge on any atom is 0.245 e. The molecule has 1 aromatic carbocycles. The highest BCUT2D eigenvalue weighted by Crippen LogP contribution is 2.24. The largest absolute Gasteiger partial charge is 0.378 e. The van der Waals surface area contributed by atoms with Crippen LogP contribution >= 0.6 is 0 Å². The number of rotatable bonds is 5. The highest BCUT2D eigenvalue weighted by atomic mass is 16.5. The van der Waals surface area contributed by atoms with Crippen molar-refractivity contribution in [2.24, 2.45) is 5.92 Å². The van der Waals surface area contributed by atoms with Crippen LogP contribution in [0.15, 0.2) is 30.3 Å². The fraction of sp³-hybridized carbons (Fsp3) is 0.600. The average molecular weight is 344 g/mol. The van der Waals surface area contributed by atoms with Crippen LogP contribution in [0.25, 0.3) is 0 Å². The summed E-state index contributed by atoms with van der Waals surface area (Å²) in [6.07, 6.45) is 5.85. The van der Waals surface area contributed by atoms with Gasteiger partial charge < -0.3 is 15.0 Å². The maximum absolute atomic E-state index is 13.0. The van der Waals surface area contributed by atoms with Gasteiger partial charge in [-0.25, -0.2) is 0 Å². The molecule has 0 aromatic heterocycles. The van der Waals surface area contributed by atoms with Crippen LogP contribution in [0.1, 0.15) is 37.7 Å². The van der Waals surface area contributed by atoms with Crippen molar-refractivity contribution in [1.82, 2.24) is 10.2 Å². The molecule has 1 aliphatic carbocycles. The summed E-state index contributed by atoms with van der Waals surface area (Å²) in [5.74, 6) is 0.114. The molecule has 0 unspecified atom stereocenters. The van der Waals surface area contributed by atoms with Crippen molar-refractivity contribution < 1.29 is 14.3 Å². The van der Waals surface area contributed by atoms with E-state index in [-0.39, 0.29) is 17.7 Å². The summed E-state index contributed by atoms with van der Waals surface area (Å²) in [6, 6.07) is 9.42. The van der Waals surface area contributed by atoms with Crippen molar-refractivity contribution in [3.63, 3.8) is 0 Å². The number of carbonyl (C=O) groups is 2. The standard InChI is InChI=1S/C20H28N2O3/c23-19(17-9-5-2-6-10-17)21-18(15-16-7-3-1-4-8-16)20(24)22-11-13-25-14-12-22/h1,3-4,7-8,17-18H,2,5-6,9-15H2,(H,21,23)/t18-/m1/s1. The lowest BCUT2D eigenvalue weighted by molar-refractivity contribution is -0.140. The molecule has 3 rings (SSSR count). The third-order valence-corrected chi connectivity index (χ3v) is 5.20. The van der Waals surface area contributed by atoms with Crippen molar-refractivity contribution in [3.8, 4) is 0 Å². The SMILES string of the molecule is O=C(N[C@H](Cc1ccccc1)C(=O)N1CCOCC1)C1CCCCC1. The first kappa shape index (κ1) is 17.9. The van der Waals surface area contributed by atoms with Gasteiger partial charge in [0.1, 0.15) is 6.04 Å². The van der Waals surface area contributed by atoms with E-state index < -0.39 is 6.04 Å². The molecule has 2 aliphatic rings. The van der Waals surface area contributed by atoms with Crippen LogP contribution in [0.2, 0.25) is 0 Å². The van der Waals surface area contributed by atoms with Crippen LogP contribution in [0.4, 0.5) is 0 Å². The molecule has 1 N–H and O–H groups in total. The number of nitrogens with one attached hydrogen (secondary N) is 1. The van der Waals surface area contributed by atoms with Gasteiger partial charge in [-0.2, -0.15) is 0 Å². The number of amides is 2. The molecule has 1 heterocycles. The van der Waals surface area contributed by atoms with Gasteiger partial charge >= 0.3 is 0 Å². The number of ether oxygens (including phenoxy) is 1. The molecule has 5 nitrogen and oxygen atoms in total. The summed E-state index contributed by atoms with van der Waals surface area (Å²) in [5, 5.41) is 3.06. The Morgan fingerprint density at radius 2 is 1.76 bits per heavy atom. The third-order valence-electron chi connectivity index (χ3n) is 5.20. The van der Waals surface area contributed by atoms with Gasteiger partial charge in [-0.1, -0.05) is 49.6 Å². The molecule has 0 spiro atoms. The predicted molar refractivity (Wildman–Crippen MR) is 96.1 cm³/mol. The van der Waals surface area contributed by atoms with E-state index in [1.807, 2.05) is 35.2 Å². The molecule has 136 valence electrons. The normalized spacial score (nSPS) is 20.1. The first-order valence-electron chi connectivity index (χ1n) is 9.45. The first-order chi connectivity index (χ1) is 12.2. The molecule has 2 amide bonds. The summed E-state index contributed by atoms with van der Waals surface area (Å²) in [4.78, 5) is 27.5. The summed E-state index contributed by atoms with van der Waals surface area (Å²) >= 11 is 0. The summed E-state index contributed by atoms with van der Waals surface area (Å²) in [7, 11) is 0. The lowest BCUT2D eigenvalue weighted by Gasteiger charge is -2.32. The topological polar surface area (TPSA) is 58.6 Å². The van der Waals surface area contributed by atoms with Crippen molar-refractivity contribution in [2.75, 3.05) is 26.3 Å². The average Bonchev–Trinajstić information content (AvgIpc) is 2.69. The minimum absolute atomic E-state index is 0.0105. The predicted octanol–water partition coefficient (Wildman–Crippen LogP) is 2.15. The van der Waals surface area contributed by atoms with Gasteiger partial charge in [-0.3, -0.25) is 9.59 Å². The Hall–Kier alpha value is -1.88. The zero-order valence-electron chi connectivity index (χ0n) is 14.8. The van der Waals surface area contributed by atoms with E-state index in [0.29, 0.717) is 32.7 Å². The van der Waals surface area contributed by atoms with E-state index in [9.17, 15) is 9.59 Å². The molecule has 1 atom stereocenters. The summed E-state index contributed by atoms with van der Waals surface area (Å²) in [6.45, 7) is 2.34. The van der Waals surface area contributed by atoms with E-state index in [2.05, 4.69) is 5.32 Å². The number of hydrogen-bond donors (Lipinski definition) is 1. The first-order valence-corrected chi connectivity index (χ1v) is 9.45. The van der Waals surface area contributed by atoms with E-state index in [1.54, 1.807) is 0 Å². The van der Waals surface area contributed by atoms with Gasteiger partial charge in [-0.05, 0) is 18.4 Å². The highest BCUT2D eigenvalue weighted by Gasteiger charge is 2.30. The van der Waals surface area contributed by atoms with Gasteiger partial charge in [0.05, 0.1) is 13.2 Å². The van der Waals surface area contributed by atoms with Gasteiger partial charge in [0.25, 0.3) is 0 Å². The zero-order valence-corrected chi connectivity index (χ0v) is 14.8. The third kappa shape index (κ3) is 5.05. The van der Waals surface area contributed by atoms with E-state index in [4.69, 9.17) is 4.74 Å². The van der Waals surface area contributed by atoms with Crippen LogP contribution in [-0.2, 0) is 20.7 Å². The van der Waals surface area contributed by atoms with Gasteiger partial charge in [0, 0.05) is 25.4 Å². The van der Waals surface area contributed by atoms with Crippen molar-refractivity contribution in [2.45, 2.75) is 44.6 Å². The number of morpholine rings is 1. The summed E-state index contributed by atoms with van der Waals surface area (Å²) in [5.41, 5.74) is 1.07. The van der Waals surface area contributed by atoms with Crippen LogP contribution in [-0.4, -0.2) is 49.1 Å². The van der Waals surface area contributed by atoms with Crippen molar-refractivity contribution in [1.29, 1.82) is 0 Å². The number of carbonyl (C=O) groups excluding carboxylic acids is 2. The fourth-order valence-corrected chi connectivity index (χ4v) is 3.71. The summed E-state index contributed by atoms with van der Waals surface area (Å²) < 4.78 is 5.34. The van der Waals surface area contributed by atoms with E-state index in [0.717, 1.165) is 31.2 Å². The molecular weight excluding hydrogens is 316 g/mol. The van der Waals surface area contributed by atoms with Gasteiger partial charge in [0.2, 0.25) is 11.8 Å². The van der Waals surface area contributed by atoms with Crippen LogP contribution in [0, 0.1) is 5.92 Å². The quantitative estimate of drug-likeness (QED) is 0.890. The van der Waals surface area contributed by atoms with E-state index in [1.165, 1.54) is 6.42 Å². The van der Waals surface area contributed by atoms with Crippen LogP contribution in [0.3, 0.4) is 0 Å². The second-order valence-electron chi connectivity index (χ2n) is 7.02. The van der Waals surface area contributed by atoms with Crippen molar-refractivity contribution >= 4 is 11.8 Å². The molecule has 25 heavy (non-hydrogen) atoms. The molecular formula is C20H28N2O3. The van der Waals surface area contributed by atoms with Crippen molar-refractivity contribution in [3.05, 3.63) is 35.9 Å². The Morgan fingerprint density at radius 1 is 1.08 bits per heavy atom. The smallest absolute Gasteiger partial charge is 0.245 e. The Kier molecular flexibility index (Phi) is 6.45. The van der Waals surface area contributed by atoms with E-state index >= 15 is 0 Å². The van der Waals surface area contributed by atoms with Gasteiger partial charge in [-0.15, -0.1) is 0 Å². The molecule has 5 heteroatoms. The second kappa shape index (κ2) is 8.99. The zero-order chi connectivity index (χ0) is 17.5. The Balaban J connectivity index is 1.68. The number of benzene rings is 1. The Morgan fingerprint density at radius 3 is 2.44 bits per heavy atom. The minimum Gasteiger partial charge on any atom is -0.378 e.